The number of benzene rings is 1. The van der Waals surface area contributed by atoms with Crippen molar-refractivity contribution in [3.05, 3.63) is 45.7 Å². The molecule has 0 amide bonds. The van der Waals surface area contributed by atoms with Crippen LogP contribution in [0.1, 0.15) is 17.7 Å². The maximum absolute atomic E-state index is 12.1. The van der Waals surface area contributed by atoms with E-state index in [9.17, 15) is 9.59 Å². The Morgan fingerprint density at radius 3 is 2.75 bits per heavy atom. The molecule has 0 saturated heterocycles. The second-order valence-electron chi connectivity index (χ2n) is 4.17. The quantitative estimate of drug-likeness (QED) is 0.722. The van der Waals surface area contributed by atoms with Crippen molar-refractivity contribution in [3.63, 3.8) is 0 Å². The van der Waals surface area contributed by atoms with Crippen molar-refractivity contribution in [2.75, 3.05) is 0 Å². The van der Waals surface area contributed by atoms with Crippen LogP contribution < -0.4 is 5.43 Å². The molecule has 1 aromatic carbocycles. The Bertz CT molecular complexity index is 640. The Kier molecular flexibility index (Phi) is 1.93. The molecule has 3 rings (SSSR count). The largest absolute Gasteiger partial charge is 0.358 e. The molecule has 2 aromatic rings. The maximum Gasteiger partial charge on any atom is 0.193 e. The number of H-pyrrole nitrogens is 1. The number of aryl methyl sites for hydroxylation is 1. The minimum absolute atomic E-state index is 0.0115. The third-order valence-corrected chi connectivity index (χ3v) is 3.12. The minimum Gasteiger partial charge on any atom is -0.358 e. The third-order valence-electron chi connectivity index (χ3n) is 3.12. The molecule has 80 valence electrons. The number of ketones is 1. The van der Waals surface area contributed by atoms with E-state index in [0.29, 0.717) is 23.8 Å². The molecule has 0 unspecified atom stereocenters. The van der Waals surface area contributed by atoms with Crippen molar-refractivity contribution in [3.8, 4) is 0 Å². The first-order valence-electron chi connectivity index (χ1n) is 5.40. The fraction of sp³-hybridized carbons (Fsp3) is 0.231. The molecular formula is C13H11NO2. The van der Waals surface area contributed by atoms with E-state index in [-0.39, 0.29) is 17.6 Å². The Labute approximate surface area is 92.1 Å². The highest BCUT2D eigenvalue weighted by atomic mass is 16.1. The predicted molar refractivity (Wildman–Crippen MR) is 61.6 cm³/mol. The van der Waals surface area contributed by atoms with Crippen molar-refractivity contribution in [1.82, 2.24) is 4.98 Å². The van der Waals surface area contributed by atoms with E-state index in [1.807, 2.05) is 18.2 Å². The minimum atomic E-state index is 0.0115. The van der Waals surface area contributed by atoms with Crippen molar-refractivity contribution < 1.29 is 4.79 Å². The van der Waals surface area contributed by atoms with E-state index in [2.05, 4.69) is 4.98 Å². The summed E-state index contributed by atoms with van der Waals surface area (Å²) in [4.78, 5) is 26.8. The Morgan fingerprint density at radius 1 is 1.06 bits per heavy atom. The first-order chi connectivity index (χ1) is 7.75. The smallest absolute Gasteiger partial charge is 0.193 e. The summed E-state index contributed by atoms with van der Waals surface area (Å²) in [7, 11) is 0. The molecule has 1 aliphatic rings. The summed E-state index contributed by atoms with van der Waals surface area (Å²) in [6.45, 7) is 0. The van der Waals surface area contributed by atoms with Crippen LogP contribution >= 0.6 is 0 Å². The zero-order valence-electron chi connectivity index (χ0n) is 8.75. The van der Waals surface area contributed by atoms with E-state index in [4.69, 9.17) is 0 Å². The average molecular weight is 213 g/mol. The van der Waals surface area contributed by atoms with Crippen LogP contribution in [-0.2, 0) is 17.6 Å². The van der Waals surface area contributed by atoms with Gasteiger partial charge in [0.2, 0.25) is 0 Å². The Hall–Kier alpha value is -1.90. The van der Waals surface area contributed by atoms with E-state index >= 15 is 0 Å². The second-order valence-corrected chi connectivity index (χ2v) is 4.17. The van der Waals surface area contributed by atoms with Gasteiger partial charge in [-0.2, -0.15) is 0 Å². The fourth-order valence-corrected chi connectivity index (χ4v) is 2.28. The summed E-state index contributed by atoms with van der Waals surface area (Å²) in [5.41, 5.74) is 2.47. The molecule has 0 aliphatic heterocycles. The molecule has 0 saturated carbocycles. The lowest BCUT2D eigenvalue weighted by atomic mass is 9.93. The zero-order chi connectivity index (χ0) is 11.1. The summed E-state index contributed by atoms with van der Waals surface area (Å²) in [6.07, 6.45) is 1.49. The summed E-state index contributed by atoms with van der Waals surface area (Å²) in [6, 6.07) is 7.44. The number of aromatic amines is 1. The Morgan fingerprint density at radius 2 is 1.88 bits per heavy atom. The molecule has 1 aromatic heterocycles. The zero-order valence-corrected chi connectivity index (χ0v) is 8.75. The van der Waals surface area contributed by atoms with E-state index < -0.39 is 0 Å². The monoisotopic (exact) mass is 213 g/mol. The molecule has 0 spiro atoms. The van der Waals surface area contributed by atoms with Gasteiger partial charge in [0.25, 0.3) is 0 Å². The lowest BCUT2D eigenvalue weighted by molar-refractivity contribution is -0.118. The third kappa shape index (κ3) is 1.28. The molecule has 3 nitrogen and oxygen atoms in total. The SMILES string of the molecule is O=C1CCc2[nH]c3ccccc3c(=O)c2C1. The van der Waals surface area contributed by atoms with Gasteiger partial charge in [-0.15, -0.1) is 0 Å². The van der Waals surface area contributed by atoms with Gasteiger partial charge in [0.15, 0.2) is 5.43 Å². The van der Waals surface area contributed by atoms with Crippen molar-refractivity contribution in [2.45, 2.75) is 19.3 Å². The van der Waals surface area contributed by atoms with Crippen LogP contribution in [0.5, 0.6) is 0 Å². The molecule has 3 heteroatoms. The highest BCUT2D eigenvalue weighted by Gasteiger charge is 2.19. The van der Waals surface area contributed by atoms with E-state index in [0.717, 1.165) is 11.2 Å². The van der Waals surface area contributed by atoms with Gasteiger partial charge in [0, 0.05) is 35.0 Å². The van der Waals surface area contributed by atoms with Gasteiger partial charge in [-0.1, -0.05) is 12.1 Å². The molecule has 0 bridgehead atoms. The van der Waals surface area contributed by atoms with Crippen molar-refractivity contribution in [2.24, 2.45) is 0 Å². The van der Waals surface area contributed by atoms with E-state index in [1.54, 1.807) is 6.07 Å². The van der Waals surface area contributed by atoms with Gasteiger partial charge < -0.3 is 4.98 Å². The van der Waals surface area contributed by atoms with Crippen LogP contribution in [0.2, 0.25) is 0 Å². The lowest BCUT2D eigenvalue weighted by Gasteiger charge is -2.14. The standard InChI is InChI=1S/C13H11NO2/c15-8-5-6-12-10(7-8)13(16)9-3-1-2-4-11(9)14-12/h1-4H,5-7H2,(H,14,16). The van der Waals surface area contributed by atoms with Gasteiger partial charge in [-0.25, -0.2) is 0 Å². The lowest BCUT2D eigenvalue weighted by Crippen LogP contribution is -2.23. The van der Waals surface area contributed by atoms with Crippen LogP contribution in [0.4, 0.5) is 0 Å². The highest BCUT2D eigenvalue weighted by molar-refractivity contribution is 5.86. The Balaban J connectivity index is 2.38. The molecular weight excluding hydrogens is 202 g/mol. The number of hydrogen-bond donors (Lipinski definition) is 1. The summed E-state index contributed by atoms with van der Waals surface area (Å²) in [5.74, 6) is 0.160. The number of Topliss-reactive ketones (excluding diaryl/α,β-unsaturated/α-hetero) is 1. The van der Waals surface area contributed by atoms with E-state index in [1.165, 1.54) is 0 Å². The van der Waals surface area contributed by atoms with Crippen molar-refractivity contribution >= 4 is 16.7 Å². The van der Waals surface area contributed by atoms with Crippen LogP contribution in [0.3, 0.4) is 0 Å². The fourth-order valence-electron chi connectivity index (χ4n) is 2.28. The number of hydrogen-bond acceptors (Lipinski definition) is 2. The van der Waals surface area contributed by atoms with Gasteiger partial charge in [0.05, 0.1) is 0 Å². The van der Waals surface area contributed by atoms with Gasteiger partial charge in [-0.05, 0) is 18.6 Å². The van der Waals surface area contributed by atoms with Crippen LogP contribution in [0.15, 0.2) is 29.1 Å². The molecule has 16 heavy (non-hydrogen) atoms. The number of fused-ring (bicyclic) bond motifs is 2. The number of nitrogens with one attached hydrogen (secondary N) is 1. The summed E-state index contributed by atoms with van der Waals surface area (Å²) < 4.78 is 0. The normalized spacial score (nSPS) is 15.1. The number of carbonyl (C=O) groups is 1. The predicted octanol–water partition coefficient (Wildman–Crippen LogP) is 1.59. The number of para-hydroxylation sites is 1. The highest BCUT2D eigenvalue weighted by Crippen LogP contribution is 2.17. The molecule has 0 atom stereocenters. The first-order valence-corrected chi connectivity index (χ1v) is 5.40. The molecule has 0 fully saturated rings. The second kappa shape index (κ2) is 3.30. The molecule has 1 heterocycles. The molecule has 1 N–H and O–H groups in total. The van der Waals surface area contributed by atoms with Crippen LogP contribution in [0.25, 0.3) is 10.9 Å². The molecule has 1 aliphatic carbocycles. The number of carbonyl (C=O) groups excluding carboxylic acids is 1. The van der Waals surface area contributed by atoms with Crippen molar-refractivity contribution in [1.29, 1.82) is 0 Å². The summed E-state index contributed by atoms with van der Waals surface area (Å²) in [5, 5.41) is 0.677. The van der Waals surface area contributed by atoms with Crippen LogP contribution in [0, 0.1) is 0 Å². The van der Waals surface area contributed by atoms with Gasteiger partial charge >= 0.3 is 0 Å². The van der Waals surface area contributed by atoms with Crippen LogP contribution in [-0.4, -0.2) is 10.8 Å². The summed E-state index contributed by atoms with van der Waals surface area (Å²) >= 11 is 0. The van der Waals surface area contributed by atoms with Gasteiger partial charge in [0.1, 0.15) is 5.78 Å². The number of pyridine rings is 1. The molecule has 0 radical (unpaired) electrons. The number of rotatable bonds is 0. The first kappa shape index (κ1) is 9.33. The number of aromatic nitrogens is 1. The maximum atomic E-state index is 12.1. The average Bonchev–Trinajstić information content (AvgIpc) is 2.31. The van der Waals surface area contributed by atoms with Gasteiger partial charge in [-0.3, -0.25) is 9.59 Å². The topological polar surface area (TPSA) is 49.9 Å².